The first kappa shape index (κ1) is 19.5. The highest BCUT2D eigenvalue weighted by Crippen LogP contribution is 2.19. The van der Waals surface area contributed by atoms with Crippen molar-refractivity contribution in [2.45, 2.75) is 13.0 Å². The molecule has 0 aromatic heterocycles. The van der Waals surface area contributed by atoms with Crippen molar-refractivity contribution in [2.24, 2.45) is 0 Å². The first-order valence-corrected chi connectivity index (χ1v) is 9.68. The molecule has 138 valence electrons. The maximum Gasteiger partial charge on any atom is 0.341 e. The zero-order valence-electron chi connectivity index (χ0n) is 14.7. The molecule has 0 aliphatic heterocycles. The molecule has 0 bridgehead atoms. The van der Waals surface area contributed by atoms with Crippen molar-refractivity contribution in [3.05, 3.63) is 60.2 Å². The standard InChI is InChI=1S/C18H20N2O5S/c1-13(17(21)20(2)14-9-5-4-6-10-14)25-18(22)15-11-7-8-12-16(15)19-26(3,23)24/h4-13,19H,1-3H3/t13-/m0/s1. The molecule has 8 heteroatoms. The molecule has 2 rings (SSSR count). The predicted octanol–water partition coefficient (Wildman–Crippen LogP) is 2.27. The number of esters is 1. The second-order valence-corrected chi connectivity index (χ2v) is 7.45. The summed E-state index contributed by atoms with van der Waals surface area (Å²) in [5.41, 5.74) is 0.788. The number of benzene rings is 2. The van der Waals surface area contributed by atoms with Crippen molar-refractivity contribution < 1.29 is 22.7 Å². The third kappa shape index (κ3) is 5.06. The number of nitrogens with one attached hydrogen (secondary N) is 1. The second kappa shape index (κ2) is 8.01. The molecule has 0 aliphatic carbocycles. The van der Waals surface area contributed by atoms with Gasteiger partial charge in [-0.1, -0.05) is 30.3 Å². The zero-order valence-corrected chi connectivity index (χ0v) is 15.5. The molecule has 1 amide bonds. The summed E-state index contributed by atoms with van der Waals surface area (Å²) < 4.78 is 30.3. The van der Waals surface area contributed by atoms with Gasteiger partial charge in [-0.2, -0.15) is 0 Å². The van der Waals surface area contributed by atoms with Crippen LogP contribution >= 0.6 is 0 Å². The van der Waals surface area contributed by atoms with Crippen molar-refractivity contribution in [3.8, 4) is 0 Å². The summed E-state index contributed by atoms with van der Waals surface area (Å²) in [6, 6.07) is 15.0. The highest BCUT2D eigenvalue weighted by Gasteiger charge is 2.24. The largest absolute Gasteiger partial charge is 0.449 e. The zero-order chi connectivity index (χ0) is 19.3. The van der Waals surface area contributed by atoms with E-state index < -0.39 is 28.0 Å². The van der Waals surface area contributed by atoms with Crippen molar-refractivity contribution in [1.82, 2.24) is 0 Å². The molecular formula is C18H20N2O5S. The van der Waals surface area contributed by atoms with Crippen LogP contribution in [0.15, 0.2) is 54.6 Å². The van der Waals surface area contributed by atoms with Crippen LogP contribution in [0.25, 0.3) is 0 Å². The van der Waals surface area contributed by atoms with Gasteiger partial charge < -0.3 is 9.64 Å². The maximum absolute atomic E-state index is 12.5. The summed E-state index contributed by atoms with van der Waals surface area (Å²) in [6.45, 7) is 1.46. The fourth-order valence-electron chi connectivity index (χ4n) is 2.28. The summed E-state index contributed by atoms with van der Waals surface area (Å²) in [5, 5.41) is 0. The van der Waals surface area contributed by atoms with E-state index in [4.69, 9.17) is 4.74 Å². The molecular weight excluding hydrogens is 356 g/mol. The van der Waals surface area contributed by atoms with Gasteiger partial charge >= 0.3 is 5.97 Å². The third-order valence-corrected chi connectivity index (χ3v) is 4.14. The molecule has 2 aromatic carbocycles. The SMILES string of the molecule is C[C@H](OC(=O)c1ccccc1NS(C)(=O)=O)C(=O)N(C)c1ccccc1. The fourth-order valence-corrected chi connectivity index (χ4v) is 2.85. The topological polar surface area (TPSA) is 92.8 Å². The van der Waals surface area contributed by atoms with Crippen molar-refractivity contribution >= 4 is 33.3 Å². The Bertz CT molecular complexity index is 897. The number of rotatable bonds is 6. The minimum absolute atomic E-state index is 0.0277. The fraction of sp³-hybridized carbons (Fsp3) is 0.222. The Hall–Kier alpha value is -2.87. The highest BCUT2D eigenvalue weighted by molar-refractivity contribution is 7.92. The second-order valence-electron chi connectivity index (χ2n) is 5.70. The number of likely N-dealkylation sites (N-methyl/N-ethyl adjacent to an activating group) is 1. The van der Waals surface area contributed by atoms with Crippen molar-refractivity contribution in [3.63, 3.8) is 0 Å². The summed E-state index contributed by atoms with van der Waals surface area (Å²) in [5.74, 6) is -1.20. The molecule has 26 heavy (non-hydrogen) atoms. The van der Waals surface area contributed by atoms with Crippen molar-refractivity contribution in [1.29, 1.82) is 0 Å². The van der Waals surface area contributed by atoms with Crippen LogP contribution in [-0.4, -0.2) is 39.7 Å². The van der Waals surface area contributed by atoms with E-state index in [1.807, 2.05) is 6.07 Å². The van der Waals surface area contributed by atoms with E-state index in [2.05, 4.69) is 4.72 Å². The molecule has 0 heterocycles. The average Bonchev–Trinajstić information content (AvgIpc) is 2.60. The molecule has 0 spiro atoms. The molecule has 0 aliphatic rings. The van der Waals surface area contributed by atoms with E-state index in [0.29, 0.717) is 5.69 Å². The van der Waals surface area contributed by atoms with Gasteiger partial charge in [-0.15, -0.1) is 0 Å². The van der Waals surface area contributed by atoms with Gasteiger partial charge in [0.25, 0.3) is 5.91 Å². The van der Waals surface area contributed by atoms with Crippen LogP contribution in [0.5, 0.6) is 0 Å². The Morgan fingerprint density at radius 1 is 1.04 bits per heavy atom. The number of nitrogens with zero attached hydrogens (tertiary/aromatic N) is 1. The monoisotopic (exact) mass is 376 g/mol. The normalized spacial score (nSPS) is 12.1. The lowest BCUT2D eigenvalue weighted by Gasteiger charge is -2.22. The lowest BCUT2D eigenvalue weighted by molar-refractivity contribution is -0.126. The van der Waals surface area contributed by atoms with Crippen LogP contribution in [0.1, 0.15) is 17.3 Å². The molecule has 1 atom stereocenters. The lowest BCUT2D eigenvalue weighted by atomic mass is 10.2. The summed E-state index contributed by atoms with van der Waals surface area (Å²) in [7, 11) is -1.98. The highest BCUT2D eigenvalue weighted by atomic mass is 32.2. The number of ether oxygens (including phenoxy) is 1. The number of amides is 1. The summed E-state index contributed by atoms with van der Waals surface area (Å²) in [4.78, 5) is 26.2. The van der Waals surface area contributed by atoms with Gasteiger partial charge in [-0.25, -0.2) is 13.2 Å². The minimum atomic E-state index is -3.56. The minimum Gasteiger partial charge on any atom is -0.449 e. The molecule has 0 saturated heterocycles. The number of sulfonamides is 1. The number of hydrogen-bond donors (Lipinski definition) is 1. The molecule has 0 saturated carbocycles. The Labute approximate surface area is 152 Å². The molecule has 0 radical (unpaired) electrons. The smallest absolute Gasteiger partial charge is 0.341 e. The lowest BCUT2D eigenvalue weighted by Crippen LogP contribution is -2.37. The molecule has 1 N–H and O–H groups in total. The number of carbonyl (C=O) groups is 2. The molecule has 0 unspecified atom stereocenters. The van der Waals surface area contributed by atoms with Crippen LogP contribution in [0.4, 0.5) is 11.4 Å². The Morgan fingerprint density at radius 2 is 1.62 bits per heavy atom. The van der Waals surface area contributed by atoms with Crippen LogP contribution in [-0.2, 0) is 19.6 Å². The number of hydrogen-bond acceptors (Lipinski definition) is 5. The van der Waals surface area contributed by atoms with Gasteiger partial charge in [-0.3, -0.25) is 9.52 Å². The van der Waals surface area contributed by atoms with E-state index in [0.717, 1.165) is 6.26 Å². The van der Waals surface area contributed by atoms with Gasteiger partial charge in [0.05, 0.1) is 17.5 Å². The Morgan fingerprint density at radius 3 is 2.23 bits per heavy atom. The van der Waals surface area contributed by atoms with E-state index in [-0.39, 0.29) is 11.3 Å². The third-order valence-electron chi connectivity index (χ3n) is 3.55. The van der Waals surface area contributed by atoms with Crippen LogP contribution < -0.4 is 9.62 Å². The number of carbonyl (C=O) groups excluding carboxylic acids is 2. The van der Waals surface area contributed by atoms with Gasteiger partial charge in [0.1, 0.15) is 0 Å². The average molecular weight is 376 g/mol. The first-order valence-electron chi connectivity index (χ1n) is 7.79. The quantitative estimate of drug-likeness (QED) is 0.781. The number of para-hydroxylation sites is 2. The number of anilines is 2. The van der Waals surface area contributed by atoms with Crippen LogP contribution in [0.2, 0.25) is 0 Å². The molecule has 2 aromatic rings. The van der Waals surface area contributed by atoms with Crippen LogP contribution in [0.3, 0.4) is 0 Å². The van der Waals surface area contributed by atoms with E-state index in [1.54, 1.807) is 43.4 Å². The molecule has 0 fully saturated rings. The van der Waals surface area contributed by atoms with E-state index in [9.17, 15) is 18.0 Å². The van der Waals surface area contributed by atoms with E-state index >= 15 is 0 Å². The van der Waals surface area contributed by atoms with Gasteiger partial charge in [0, 0.05) is 12.7 Å². The summed E-state index contributed by atoms with van der Waals surface area (Å²) in [6.07, 6.45) is -0.0604. The van der Waals surface area contributed by atoms with Crippen molar-refractivity contribution in [2.75, 3.05) is 22.9 Å². The van der Waals surface area contributed by atoms with Crippen LogP contribution in [0, 0.1) is 0 Å². The Kier molecular flexibility index (Phi) is 5.99. The van der Waals surface area contributed by atoms with Gasteiger partial charge in [-0.05, 0) is 31.2 Å². The predicted molar refractivity (Wildman–Crippen MR) is 99.6 cm³/mol. The van der Waals surface area contributed by atoms with Gasteiger partial charge in [0.15, 0.2) is 6.10 Å². The summed E-state index contributed by atoms with van der Waals surface area (Å²) >= 11 is 0. The first-order chi connectivity index (χ1) is 12.2. The Balaban J connectivity index is 2.13. The van der Waals surface area contributed by atoms with Gasteiger partial charge in [0.2, 0.25) is 10.0 Å². The molecule has 7 nitrogen and oxygen atoms in total. The van der Waals surface area contributed by atoms with E-state index in [1.165, 1.54) is 24.0 Å². The maximum atomic E-state index is 12.5.